The van der Waals surface area contributed by atoms with Crippen molar-refractivity contribution in [2.75, 3.05) is 29.5 Å². The summed E-state index contributed by atoms with van der Waals surface area (Å²) in [5.41, 5.74) is 3.21. The molecule has 3 heterocycles. The normalized spacial score (nSPS) is 15.8. The molecular weight excluding hydrogens is 396 g/mol. The van der Waals surface area contributed by atoms with Crippen LogP contribution in [0.1, 0.15) is 47.1 Å². The van der Waals surface area contributed by atoms with Crippen LogP contribution in [0.4, 0.5) is 11.4 Å². The van der Waals surface area contributed by atoms with E-state index in [4.69, 9.17) is 4.74 Å². The molecule has 31 heavy (non-hydrogen) atoms. The average molecular weight is 420 g/mol. The third kappa shape index (κ3) is 3.56. The Hall–Kier alpha value is -3.60. The Morgan fingerprint density at radius 3 is 2.61 bits per heavy atom. The van der Waals surface area contributed by atoms with E-state index in [2.05, 4.69) is 6.07 Å². The maximum absolute atomic E-state index is 13.7. The van der Waals surface area contributed by atoms with Gasteiger partial charge < -0.3 is 9.30 Å². The number of carbonyl (C=O) groups excluding carboxylic acids is 3. The summed E-state index contributed by atoms with van der Waals surface area (Å²) >= 11 is 0. The lowest BCUT2D eigenvalue weighted by Gasteiger charge is -2.23. The fourth-order valence-electron chi connectivity index (χ4n) is 4.30. The summed E-state index contributed by atoms with van der Waals surface area (Å²) in [7, 11) is 0. The van der Waals surface area contributed by atoms with Crippen molar-refractivity contribution in [3.63, 3.8) is 0 Å². The van der Waals surface area contributed by atoms with Gasteiger partial charge in [0.2, 0.25) is 5.91 Å². The van der Waals surface area contributed by atoms with Crippen LogP contribution in [0.15, 0.2) is 24.3 Å². The molecule has 0 saturated carbocycles. The zero-order chi connectivity index (χ0) is 22.1. The number of carbonyl (C=O) groups is 3. The summed E-state index contributed by atoms with van der Waals surface area (Å²) in [6.45, 7) is 3.84. The molecule has 2 aromatic rings. The lowest BCUT2D eigenvalue weighted by Crippen LogP contribution is -2.42. The zero-order valence-electron chi connectivity index (χ0n) is 17.7. The Morgan fingerprint density at radius 1 is 1.19 bits per heavy atom. The van der Waals surface area contributed by atoms with E-state index in [9.17, 15) is 19.6 Å². The topological polar surface area (TPSA) is 95.6 Å². The number of benzene rings is 1. The van der Waals surface area contributed by atoms with E-state index in [-0.39, 0.29) is 31.3 Å². The number of hydrogen-bond donors (Lipinski definition) is 0. The van der Waals surface area contributed by atoms with Crippen LogP contribution >= 0.6 is 0 Å². The first-order chi connectivity index (χ1) is 15.0. The molecule has 0 N–H and O–H groups in total. The minimum atomic E-state index is -0.578. The molecule has 0 saturated heterocycles. The molecular formula is C23H24N4O4. The summed E-state index contributed by atoms with van der Waals surface area (Å²) in [6, 6.07) is 9.55. The Bertz CT molecular complexity index is 1090. The number of nitrogens with zero attached hydrogens (tertiary/aromatic N) is 4. The van der Waals surface area contributed by atoms with Crippen molar-refractivity contribution < 1.29 is 19.1 Å². The maximum Gasteiger partial charge on any atom is 0.326 e. The molecule has 1 aromatic heterocycles. The van der Waals surface area contributed by atoms with Crippen LogP contribution in [0.5, 0.6) is 0 Å². The largest absolute Gasteiger partial charge is 0.465 e. The smallest absolute Gasteiger partial charge is 0.326 e. The predicted octanol–water partition coefficient (Wildman–Crippen LogP) is 2.56. The van der Waals surface area contributed by atoms with Gasteiger partial charge >= 0.3 is 5.97 Å². The van der Waals surface area contributed by atoms with Gasteiger partial charge in [-0.1, -0.05) is 17.7 Å². The van der Waals surface area contributed by atoms with E-state index in [1.54, 1.807) is 19.1 Å². The number of aromatic nitrogens is 1. The second-order valence-electron chi connectivity index (χ2n) is 7.75. The van der Waals surface area contributed by atoms with Gasteiger partial charge in [0.05, 0.1) is 17.9 Å². The quantitative estimate of drug-likeness (QED) is 0.709. The molecule has 0 atom stereocenters. The molecule has 1 aromatic carbocycles. The van der Waals surface area contributed by atoms with Gasteiger partial charge in [0.25, 0.3) is 5.91 Å². The van der Waals surface area contributed by atoms with Gasteiger partial charge in [0, 0.05) is 17.9 Å². The van der Waals surface area contributed by atoms with E-state index >= 15 is 0 Å². The van der Waals surface area contributed by atoms with E-state index in [1.165, 1.54) is 9.80 Å². The van der Waals surface area contributed by atoms with Crippen molar-refractivity contribution in [3.8, 4) is 6.07 Å². The van der Waals surface area contributed by atoms with Crippen molar-refractivity contribution in [2.45, 2.75) is 39.7 Å². The third-order valence-electron chi connectivity index (χ3n) is 5.75. The van der Waals surface area contributed by atoms with Crippen LogP contribution in [0, 0.1) is 18.3 Å². The zero-order valence-corrected chi connectivity index (χ0v) is 17.7. The lowest BCUT2D eigenvalue weighted by atomic mass is 10.1. The second kappa shape index (κ2) is 8.26. The van der Waals surface area contributed by atoms with Crippen molar-refractivity contribution in [2.24, 2.45) is 0 Å². The van der Waals surface area contributed by atoms with E-state index in [1.807, 2.05) is 23.6 Å². The van der Waals surface area contributed by atoms with Gasteiger partial charge in [-0.05, 0) is 45.2 Å². The first-order valence-electron chi connectivity index (χ1n) is 10.5. The van der Waals surface area contributed by atoms with E-state index in [0.29, 0.717) is 29.9 Å². The standard InChI is InChI=1S/C23H24N4O4/c1-3-31-20(29)14-27-19(28)13-26(16-9-7-15(2)8-10-16)23(30)22-21(27)17(12-24)18-6-4-5-11-25(18)22/h7-10H,3-6,11,13-14H2,1-2H3. The summed E-state index contributed by atoms with van der Waals surface area (Å²) in [6.07, 6.45) is 2.43. The van der Waals surface area contributed by atoms with Gasteiger partial charge in [-0.2, -0.15) is 5.26 Å². The number of anilines is 2. The fourth-order valence-corrected chi connectivity index (χ4v) is 4.30. The molecule has 8 heteroatoms. The van der Waals surface area contributed by atoms with Gasteiger partial charge in [0.15, 0.2) is 0 Å². The monoisotopic (exact) mass is 420 g/mol. The van der Waals surface area contributed by atoms with Gasteiger partial charge in [-0.15, -0.1) is 0 Å². The van der Waals surface area contributed by atoms with Gasteiger partial charge in [0.1, 0.15) is 24.9 Å². The van der Waals surface area contributed by atoms with Crippen LogP contribution < -0.4 is 9.80 Å². The Kier molecular flexibility index (Phi) is 5.51. The number of nitriles is 1. The molecule has 160 valence electrons. The summed E-state index contributed by atoms with van der Waals surface area (Å²) < 4.78 is 6.91. The lowest BCUT2D eigenvalue weighted by molar-refractivity contribution is -0.142. The number of fused-ring (bicyclic) bond motifs is 3. The Labute approximate surface area is 180 Å². The number of hydrogen-bond acceptors (Lipinski definition) is 5. The SMILES string of the molecule is CCOC(=O)CN1C(=O)CN(c2ccc(C)cc2)C(=O)c2c1c(C#N)c1n2CCCC1. The summed E-state index contributed by atoms with van der Waals surface area (Å²) in [5.74, 6) is -1.35. The molecule has 0 unspecified atom stereocenters. The van der Waals surface area contributed by atoms with Crippen molar-refractivity contribution >= 4 is 29.2 Å². The van der Waals surface area contributed by atoms with Crippen molar-refractivity contribution in [1.82, 2.24) is 4.57 Å². The molecule has 0 aliphatic carbocycles. The Balaban J connectivity index is 1.90. The molecule has 0 fully saturated rings. The van der Waals surface area contributed by atoms with Gasteiger partial charge in [-0.25, -0.2) is 0 Å². The molecule has 2 amide bonds. The van der Waals surface area contributed by atoms with E-state index in [0.717, 1.165) is 24.1 Å². The number of rotatable bonds is 4. The minimum absolute atomic E-state index is 0.180. The number of aryl methyl sites for hydroxylation is 1. The molecule has 0 radical (unpaired) electrons. The van der Waals surface area contributed by atoms with Crippen LogP contribution in [0.2, 0.25) is 0 Å². The number of ether oxygens (including phenoxy) is 1. The Morgan fingerprint density at radius 2 is 1.94 bits per heavy atom. The van der Waals surface area contributed by atoms with Crippen molar-refractivity contribution in [1.29, 1.82) is 5.26 Å². The molecule has 2 aliphatic rings. The first-order valence-corrected chi connectivity index (χ1v) is 10.5. The van der Waals surface area contributed by atoms with Crippen LogP contribution in [0.3, 0.4) is 0 Å². The highest BCUT2D eigenvalue weighted by Gasteiger charge is 2.40. The highest BCUT2D eigenvalue weighted by Crippen LogP contribution is 2.38. The molecule has 0 bridgehead atoms. The molecule has 4 rings (SSSR count). The highest BCUT2D eigenvalue weighted by atomic mass is 16.5. The average Bonchev–Trinajstić information content (AvgIpc) is 3.05. The second-order valence-corrected chi connectivity index (χ2v) is 7.75. The summed E-state index contributed by atoms with van der Waals surface area (Å²) in [5, 5.41) is 9.93. The maximum atomic E-state index is 13.7. The highest BCUT2D eigenvalue weighted by molar-refractivity contribution is 6.18. The van der Waals surface area contributed by atoms with Crippen LogP contribution in [0.25, 0.3) is 0 Å². The third-order valence-corrected chi connectivity index (χ3v) is 5.75. The molecule has 8 nitrogen and oxygen atoms in total. The first kappa shape index (κ1) is 20.7. The van der Waals surface area contributed by atoms with E-state index < -0.39 is 11.9 Å². The summed E-state index contributed by atoms with van der Waals surface area (Å²) in [4.78, 5) is 42.0. The number of amides is 2. The van der Waals surface area contributed by atoms with Crippen LogP contribution in [-0.2, 0) is 27.3 Å². The predicted molar refractivity (Wildman–Crippen MR) is 114 cm³/mol. The number of esters is 1. The van der Waals surface area contributed by atoms with Gasteiger partial charge in [-0.3, -0.25) is 24.2 Å². The molecule has 2 aliphatic heterocycles. The molecule has 0 spiro atoms. The fraction of sp³-hybridized carbons (Fsp3) is 0.391. The minimum Gasteiger partial charge on any atom is -0.465 e. The van der Waals surface area contributed by atoms with Crippen LogP contribution in [-0.4, -0.2) is 42.0 Å². The van der Waals surface area contributed by atoms with Crippen molar-refractivity contribution in [3.05, 3.63) is 46.8 Å².